The first-order valence-electron chi connectivity index (χ1n) is 7.73. The van der Waals surface area contributed by atoms with Crippen LogP contribution in [-0.4, -0.2) is 6.66 Å². The quantitative estimate of drug-likeness (QED) is 0.653. The molecular formula is C21H17OP. The van der Waals surface area contributed by atoms with E-state index in [9.17, 15) is 4.57 Å². The number of rotatable bonds is 2. The molecule has 3 aromatic rings. The van der Waals surface area contributed by atoms with Crippen molar-refractivity contribution in [3.05, 3.63) is 106 Å². The van der Waals surface area contributed by atoms with Gasteiger partial charge in [0.05, 0.1) is 0 Å². The summed E-state index contributed by atoms with van der Waals surface area (Å²) in [6.07, 6.45) is 0. The third-order valence-corrected chi connectivity index (χ3v) is 7.09. The zero-order valence-electron chi connectivity index (χ0n) is 12.9. The maximum Gasteiger partial charge on any atom is 0.142 e. The lowest BCUT2D eigenvalue weighted by Crippen LogP contribution is -2.23. The fourth-order valence-electron chi connectivity index (χ4n) is 3.46. The molecule has 0 amide bonds. The van der Waals surface area contributed by atoms with Crippen LogP contribution in [0.25, 0.3) is 10.6 Å². The lowest BCUT2D eigenvalue weighted by molar-refractivity contribution is 0.591. The molecule has 1 nitrogen and oxygen atoms in total. The van der Waals surface area contributed by atoms with Crippen LogP contribution >= 0.6 is 7.14 Å². The van der Waals surface area contributed by atoms with Gasteiger partial charge in [0.25, 0.3) is 0 Å². The Labute approximate surface area is 136 Å². The molecule has 0 spiro atoms. The summed E-state index contributed by atoms with van der Waals surface area (Å²) in [6.45, 7) is 1.90. The topological polar surface area (TPSA) is 17.1 Å². The summed E-state index contributed by atoms with van der Waals surface area (Å²) in [7, 11) is -2.66. The predicted molar refractivity (Wildman–Crippen MR) is 97.1 cm³/mol. The summed E-state index contributed by atoms with van der Waals surface area (Å²) >= 11 is 0. The van der Waals surface area contributed by atoms with Crippen LogP contribution in [0.2, 0.25) is 0 Å². The van der Waals surface area contributed by atoms with E-state index in [0.29, 0.717) is 0 Å². The maximum absolute atomic E-state index is 13.9. The first-order valence-corrected chi connectivity index (χ1v) is 9.88. The van der Waals surface area contributed by atoms with E-state index >= 15 is 0 Å². The Balaban J connectivity index is 2.15. The van der Waals surface area contributed by atoms with E-state index < -0.39 is 7.14 Å². The molecule has 0 fully saturated rings. The molecular weight excluding hydrogens is 299 g/mol. The van der Waals surface area contributed by atoms with Gasteiger partial charge in [-0.2, -0.15) is 0 Å². The normalized spacial score (nSPS) is 15.5. The van der Waals surface area contributed by atoms with Gasteiger partial charge in [-0.25, -0.2) is 0 Å². The van der Waals surface area contributed by atoms with Crippen molar-refractivity contribution in [1.82, 2.24) is 0 Å². The summed E-state index contributed by atoms with van der Waals surface area (Å²) in [6, 6.07) is 28.4. The Morgan fingerprint density at radius 2 is 0.913 bits per heavy atom. The van der Waals surface area contributed by atoms with Gasteiger partial charge in [-0.05, 0) is 28.2 Å². The Bertz CT molecular complexity index is 951. The molecule has 23 heavy (non-hydrogen) atoms. The third-order valence-electron chi connectivity index (χ3n) is 4.39. The van der Waals surface area contributed by atoms with Crippen molar-refractivity contribution in [2.45, 2.75) is 0 Å². The van der Waals surface area contributed by atoms with E-state index in [1.54, 1.807) is 0 Å². The van der Waals surface area contributed by atoms with Gasteiger partial charge in [0.15, 0.2) is 0 Å². The van der Waals surface area contributed by atoms with Crippen molar-refractivity contribution >= 4 is 17.8 Å². The fraction of sp³-hybridized carbons (Fsp3) is 0.0476. The average Bonchev–Trinajstić information content (AvgIpc) is 2.82. The van der Waals surface area contributed by atoms with Crippen LogP contribution < -0.4 is 10.4 Å². The van der Waals surface area contributed by atoms with E-state index in [-0.39, 0.29) is 0 Å². The van der Waals surface area contributed by atoms with E-state index in [1.165, 1.54) is 0 Å². The van der Waals surface area contributed by atoms with Crippen LogP contribution in [0.15, 0.2) is 84.9 Å². The first-order chi connectivity index (χ1) is 11.2. The van der Waals surface area contributed by atoms with E-state index in [4.69, 9.17) is 0 Å². The molecule has 4 rings (SSSR count). The summed E-state index contributed by atoms with van der Waals surface area (Å²) in [5.41, 5.74) is 2.11. The highest BCUT2D eigenvalue weighted by molar-refractivity contribution is 7.83. The van der Waals surface area contributed by atoms with Gasteiger partial charge in [0, 0.05) is 10.6 Å². The van der Waals surface area contributed by atoms with E-state index in [1.807, 2.05) is 55.2 Å². The average molecular weight is 316 g/mol. The molecule has 112 valence electrons. The Hall–Kier alpha value is -2.37. The van der Waals surface area contributed by atoms with Gasteiger partial charge in [0.1, 0.15) is 7.14 Å². The van der Waals surface area contributed by atoms with Crippen LogP contribution in [0.1, 0.15) is 11.1 Å². The highest BCUT2D eigenvalue weighted by Crippen LogP contribution is 2.64. The molecule has 2 heteroatoms. The van der Waals surface area contributed by atoms with Crippen molar-refractivity contribution in [3.63, 3.8) is 0 Å². The number of benzene rings is 3. The molecule has 0 N–H and O–H groups in total. The number of fused-ring (bicyclic) bond motifs is 1. The molecule has 0 bridgehead atoms. The SMILES string of the molecule is CP1(=O)C(c2ccccc2)=c2ccccc2=C1c1ccccc1. The van der Waals surface area contributed by atoms with Crippen LogP contribution in [0.4, 0.5) is 0 Å². The molecule has 1 heterocycles. The summed E-state index contributed by atoms with van der Waals surface area (Å²) in [5.74, 6) is 0. The molecule has 0 aromatic heterocycles. The van der Waals surface area contributed by atoms with Crippen molar-refractivity contribution in [2.24, 2.45) is 0 Å². The van der Waals surface area contributed by atoms with Crippen LogP contribution in [0, 0.1) is 0 Å². The van der Waals surface area contributed by atoms with Crippen molar-refractivity contribution in [1.29, 1.82) is 0 Å². The minimum absolute atomic E-state index is 0.979. The second-order valence-corrected chi connectivity index (χ2v) is 8.64. The zero-order chi connectivity index (χ0) is 15.9. The van der Waals surface area contributed by atoms with Gasteiger partial charge in [-0.15, -0.1) is 0 Å². The molecule has 0 saturated carbocycles. The monoisotopic (exact) mass is 316 g/mol. The van der Waals surface area contributed by atoms with Crippen molar-refractivity contribution in [3.8, 4) is 0 Å². The predicted octanol–water partition coefficient (Wildman–Crippen LogP) is 4.01. The highest BCUT2D eigenvalue weighted by atomic mass is 31.2. The maximum atomic E-state index is 13.9. The van der Waals surface area contributed by atoms with Gasteiger partial charge in [-0.3, -0.25) is 0 Å². The molecule has 0 aliphatic carbocycles. The fourth-order valence-corrected chi connectivity index (χ4v) is 6.28. The summed E-state index contributed by atoms with van der Waals surface area (Å²) in [5, 5.41) is 4.16. The molecule has 0 radical (unpaired) electrons. The minimum atomic E-state index is -2.66. The van der Waals surface area contributed by atoms with E-state index in [2.05, 4.69) is 36.4 Å². The largest absolute Gasteiger partial charge is 0.314 e. The zero-order valence-corrected chi connectivity index (χ0v) is 13.8. The standard InChI is InChI=1S/C21H17OP/c1-23(22)20(16-10-4-2-5-11-16)18-14-8-9-15-19(18)21(23)17-12-6-3-7-13-17/h2-15H,1H3. The number of hydrogen-bond donors (Lipinski definition) is 0. The second-order valence-electron chi connectivity index (χ2n) is 5.90. The van der Waals surface area contributed by atoms with Gasteiger partial charge in [0.2, 0.25) is 0 Å². The summed E-state index contributed by atoms with van der Waals surface area (Å²) < 4.78 is 13.9. The Morgan fingerprint density at radius 1 is 0.565 bits per heavy atom. The van der Waals surface area contributed by atoms with Crippen LogP contribution in [0.3, 0.4) is 0 Å². The van der Waals surface area contributed by atoms with Crippen molar-refractivity contribution in [2.75, 3.05) is 6.66 Å². The molecule has 0 atom stereocenters. The second kappa shape index (κ2) is 5.37. The lowest BCUT2D eigenvalue weighted by Gasteiger charge is -2.17. The smallest absolute Gasteiger partial charge is 0.142 e. The lowest BCUT2D eigenvalue weighted by atomic mass is 10.1. The Kier molecular flexibility index (Phi) is 3.32. The number of hydrogen-bond acceptors (Lipinski definition) is 1. The summed E-state index contributed by atoms with van der Waals surface area (Å²) in [4.78, 5) is 0. The first kappa shape index (κ1) is 14.2. The molecule has 0 unspecified atom stereocenters. The van der Waals surface area contributed by atoms with Gasteiger partial charge in [-0.1, -0.05) is 84.9 Å². The molecule has 1 aliphatic rings. The van der Waals surface area contributed by atoms with Gasteiger partial charge < -0.3 is 4.57 Å². The van der Waals surface area contributed by atoms with Crippen LogP contribution in [0.5, 0.6) is 0 Å². The Morgan fingerprint density at radius 3 is 1.30 bits per heavy atom. The third kappa shape index (κ3) is 2.20. The minimum Gasteiger partial charge on any atom is -0.314 e. The van der Waals surface area contributed by atoms with Crippen molar-refractivity contribution < 1.29 is 4.57 Å². The molecule has 0 saturated heterocycles. The molecule has 1 aliphatic heterocycles. The van der Waals surface area contributed by atoms with Gasteiger partial charge >= 0.3 is 0 Å². The highest BCUT2D eigenvalue weighted by Gasteiger charge is 2.34. The molecule has 3 aromatic carbocycles. The van der Waals surface area contributed by atoms with E-state index in [0.717, 1.165) is 32.2 Å². The van der Waals surface area contributed by atoms with Crippen LogP contribution in [-0.2, 0) is 4.57 Å².